The van der Waals surface area contributed by atoms with Crippen molar-refractivity contribution in [3.63, 3.8) is 0 Å². The molecule has 0 saturated carbocycles. The molecule has 1 amide bonds. The fraction of sp³-hybridized carbons (Fsp3) is 0.200. The van der Waals surface area contributed by atoms with Crippen molar-refractivity contribution < 1.29 is 4.79 Å². The molecule has 2 rings (SSSR count). The lowest BCUT2D eigenvalue weighted by atomic mass is 10.2. The minimum Gasteiger partial charge on any atom is -0.314 e. The predicted molar refractivity (Wildman–Crippen MR) is 55.2 cm³/mol. The molecule has 0 aliphatic rings. The van der Waals surface area contributed by atoms with E-state index in [1.165, 1.54) is 6.92 Å². The van der Waals surface area contributed by atoms with Crippen LogP contribution < -0.4 is 4.90 Å². The smallest absolute Gasteiger partial charge is 0.223 e. The molecule has 72 valence electrons. The summed E-state index contributed by atoms with van der Waals surface area (Å²) in [6.45, 7) is 1.54. The molecule has 0 radical (unpaired) electrons. The molecule has 1 aromatic heterocycles. The fourth-order valence-electron chi connectivity index (χ4n) is 1.40. The third-order valence-electron chi connectivity index (χ3n) is 2.29. The molecule has 2 aromatic rings. The normalized spacial score (nSPS) is 10.4. The summed E-state index contributed by atoms with van der Waals surface area (Å²) >= 11 is 0. The number of nitrogens with one attached hydrogen (secondary N) is 1. The number of benzene rings is 1. The van der Waals surface area contributed by atoms with Gasteiger partial charge in [-0.3, -0.25) is 9.89 Å². The van der Waals surface area contributed by atoms with Crippen LogP contribution in [0, 0.1) is 0 Å². The summed E-state index contributed by atoms with van der Waals surface area (Å²) < 4.78 is 0. The van der Waals surface area contributed by atoms with Crippen molar-refractivity contribution in [3.05, 3.63) is 24.4 Å². The van der Waals surface area contributed by atoms with Crippen molar-refractivity contribution >= 4 is 22.5 Å². The number of nitrogens with zero attached hydrogens (tertiary/aromatic N) is 2. The van der Waals surface area contributed by atoms with E-state index in [-0.39, 0.29) is 5.91 Å². The zero-order valence-electron chi connectivity index (χ0n) is 8.11. The van der Waals surface area contributed by atoms with E-state index in [4.69, 9.17) is 0 Å². The molecule has 0 bridgehead atoms. The van der Waals surface area contributed by atoms with Crippen LogP contribution in [0.25, 0.3) is 10.9 Å². The third kappa shape index (κ3) is 1.25. The quantitative estimate of drug-likeness (QED) is 0.739. The van der Waals surface area contributed by atoms with Gasteiger partial charge >= 0.3 is 0 Å². The van der Waals surface area contributed by atoms with Crippen LogP contribution in [0.2, 0.25) is 0 Å². The number of amides is 1. The summed E-state index contributed by atoms with van der Waals surface area (Å²) in [6, 6.07) is 5.75. The second-order valence-corrected chi connectivity index (χ2v) is 3.19. The highest BCUT2D eigenvalue weighted by molar-refractivity contribution is 6.00. The predicted octanol–water partition coefficient (Wildman–Crippen LogP) is 1.55. The first-order chi connectivity index (χ1) is 6.70. The van der Waals surface area contributed by atoms with Crippen molar-refractivity contribution in [3.8, 4) is 0 Å². The summed E-state index contributed by atoms with van der Waals surface area (Å²) in [4.78, 5) is 12.8. The standard InChI is InChI=1S/C10H11N3O/c1-7(14)13(2)9-5-3-4-8-6-11-12-10(8)9/h3-6H,1-2H3,(H,11,12). The van der Waals surface area contributed by atoms with Gasteiger partial charge in [0.25, 0.3) is 0 Å². The summed E-state index contributed by atoms with van der Waals surface area (Å²) in [7, 11) is 1.75. The van der Waals surface area contributed by atoms with E-state index in [2.05, 4.69) is 10.2 Å². The van der Waals surface area contributed by atoms with E-state index >= 15 is 0 Å². The lowest BCUT2D eigenvalue weighted by Crippen LogP contribution is -2.22. The van der Waals surface area contributed by atoms with Crippen LogP contribution in [0.15, 0.2) is 24.4 Å². The van der Waals surface area contributed by atoms with Crippen molar-refractivity contribution in [2.75, 3.05) is 11.9 Å². The van der Waals surface area contributed by atoms with Crippen LogP contribution in [0.3, 0.4) is 0 Å². The molecule has 1 heterocycles. The maximum atomic E-state index is 11.2. The molecule has 4 nitrogen and oxygen atoms in total. The molecule has 14 heavy (non-hydrogen) atoms. The minimum atomic E-state index is 0.00657. The summed E-state index contributed by atoms with van der Waals surface area (Å²) in [5, 5.41) is 7.83. The second kappa shape index (κ2) is 3.14. The Morgan fingerprint density at radius 1 is 1.50 bits per heavy atom. The van der Waals surface area contributed by atoms with Crippen LogP contribution in [0.1, 0.15) is 6.92 Å². The molecule has 1 N–H and O–H groups in total. The van der Waals surface area contributed by atoms with E-state index in [0.717, 1.165) is 16.6 Å². The van der Waals surface area contributed by atoms with Gasteiger partial charge in [0.1, 0.15) is 0 Å². The molecule has 0 aliphatic carbocycles. The van der Waals surface area contributed by atoms with E-state index in [1.807, 2.05) is 18.2 Å². The SMILES string of the molecule is CC(=O)N(C)c1cccc2cn[nH]c12. The van der Waals surface area contributed by atoms with E-state index in [0.29, 0.717) is 0 Å². The van der Waals surface area contributed by atoms with Gasteiger partial charge in [0.05, 0.1) is 17.4 Å². The number of hydrogen-bond acceptors (Lipinski definition) is 2. The Labute approximate surface area is 81.5 Å². The Morgan fingerprint density at radius 2 is 2.29 bits per heavy atom. The maximum absolute atomic E-state index is 11.2. The first-order valence-electron chi connectivity index (χ1n) is 4.36. The molecule has 0 atom stereocenters. The molecule has 0 unspecified atom stereocenters. The van der Waals surface area contributed by atoms with Gasteiger partial charge in [-0.25, -0.2) is 0 Å². The number of anilines is 1. The van der Waals surface area contributed by atoms with E-state index < -0.39 is 0 Å². The maximum Gasteiger partial charge on any atom is 0.223 e. The third-order valence-corrected chi connectivity index (χ3v) is 2.29. The molecule has 0 spiro atoms. The van der Waals surface area contributed by atoms with Crippen LogP contribution in [-0.4, -0.2) is 23.2 Å². The van der Waals surface area contributed by atoms with Gasteiger partial charge in [0, 0.05) is 19.4 Å². The number of carbonyl (C=O) groups is 1. The highest BCUT2D eigenvalue weighted by Crippen LogP contribution is 2.23. The highest BCUT2D eigenvalue weighted by atomic mass is 16.2. The number of para-hydroxylation sites is 1. The molecule has 4 heteroatoms. The zero-order valence-corrected chi connectivity index (χ0v) is 8.11. The number of aromatic amines is 1. The van der Waals surface area contributed by atoms with Crippen LogP contribution in [0.5, 0.6) is 0 Å². The van der Waals surface area contributed by atoms with Crippen molar-refractivity contribution in [1.29, 1.82) is 0 Å². The van der Waals surface area contributed by atoms with Crippen molar-refractivity contribution in [2.24, 2.45) is 0 Å². The number of hydrogen-bond donors (Lipinski definition) is 1. The van der Waals surface area contributed by atoms with Crippen LogP contribution >= 0.6 is 0 Å². The summed E-state index contributed by atoms with van der Waals surface area (Å²) in [5.74, 6) is 0.00657. The van der Waals surface area contributed by atoms with Crippen molar-refractivity contribution in [1.82, 2.24) is 10.2 Å². The molecule has 0 fully saturated rings. The Balaban J connectivity index is 2.61. The molecule has 0 aliphatic heterocycles. The van der Waals surface area contributed by atoms with Gasteiger partial charge in [0.15, 0.2) is 0 Å². The lowest BCUT2D eigenvalue weighted by molar-refractivity contribution is -0.116. The van der Waals surface area contributed by atoms with Gasteiger partial charge < -0.3 is 4.90 Å². The van der Waals surface area contributed by atoms with Gasteiger partial charge in [0.2, 0.25) is 5.91 Å². The monoisotopic (exact) mass is 189 g/mol. The number of H-pyrrole nitrogens is 1. The number of aromatic nitrogens is 2. The largest absolute Gasteiger partial charge is 0.314 e. The Morgan fingerprint density at radius 3 is 3.00 bits per heavy atom. The number of rotatable bonds is 1. The topological polar surface area (TPSA) is 49.0 Å². The second-order valence-electron chi connectivity index (χ2n) is 3.19. The molecular formula is C10H11N3O. The summed E-state index contributed by atoms with van der Waals surface area (Å²) in [6.07, 6.45) is 1.74. The van der Waals surface area contributed by atoms with Crippen LogP contribution in [-0.2, 0) is 4.79 Å². The summed E-state index contributed by atoms with van der Waals surface area (Å²) in [5.41, 5.74) is 1.75. The van der Waals surface area contributed by atoms with Gasteiger partial charge in [-0.15, -0.1) is 0 Å². The Bertz CT molecular complexity index is 475. The number of carbonyl (C=O) groups excluding carboxylic acids is 1. The zero-order chi connectivity index (χ0) is 10.1. The first-order valence-corrected chi connectivity index (χ1v) is 4.36. The van der Waals surface area contributed by atoms with E-state index in [9.17, 15) is 4.79 Å². The van der Waals surface area contributed by atoms with Gasteiger partial charge in [-0.2, -0.15) is 5.10 Å². The van der Waals surface area contributed by atoms with Crippen molar-refractivity contribution in [2.45, 2.75) is 6.92 Å². The van der Waals surface area contributed by atoms with E-state index in [1.54, 1.807) is 18.1 Å². The molecule has 1 aromatic carbocycles. The lowest BCUT2D eigenvalue weighted by Gasteiger charge is -2.15. The first kappa shape index (κ1) is 8.74. The van der Waals surface area contributed by atoms with Gasteiger partial charge in [-0.1, -0.05) is 12.1 Å². The van der Waals surface area contributed by atoms with Gasteiger partial charge in [-0.05, 0) is 6.07 Å². The molecular weight excluding hydrogens is 178 g/mol. The Hall–Kier alpha value is -1.84. The average Bonchev–Trinajstić information content (AvgIpc) is 2.63. The Kier molecular flexibility index (Phi) is 1.96. The average molecular weight is 189 g/mol. The van der Waals surface area contributed by atoms with Crippen LogP contribution in [0.4, 0.5) is 5.69 Å². The minimum absolute atomic E-state index is 0.00657. The number of fused-ring (bicyclic) bond motifs is 1. The molecule has 0 saturated heterocycles. The fourth-order valence-corrected chi connectivity index (χ4v) is 1.40. The highest BCUT2D eigenvalue weighted by Gasteiger charge is 2.09.